The van der Waals surface area contributed by atoms with Crippen LogP contribution < -0.4 is 10.6 Å². The van der Waals surface area contributed by atoms with Gasteiger partial charge in [0, 0.05) is 17.6 Å². The molecule has 0 spiro atoms. The fourth-order valence-electron chi connectivity index (χ4n) is 2.98. The Bertz CT molecular complexity index is 898. The van der Waals surface area contributed by atoms with E-state index in [-0.39, 0.29) is 24.8 Å². The summed E-state index contributed by atoms with van der Waals surface area (Å²) in [6.07, 6.45) is -4.13. The molecular formula is C20H24ClF3N4O3. The van der Waals surface area contributed by atoms with Crippen LogP contribution in [0.1, 0.15) is 43.2 Å². The Kier molecular flexibility index (Phi) is 8.32. The third-order valence-corrected chi connectivity index (χ3v) is 4.47. The molecule has 0 aliphatic heterocycles. The van der Waals surface area contributed by atoms with E-state index in [4.69, 9.17) is 16.3 Å². The van der Waals surface area contributed by atoms with E-state index in [1.807, 2.05) is 13.8 Å². The first-order chi connectivity index (χ1) is 14.5. The van der Waals surface area contributed by atoms with Crippen LogP contribution in [0.2, 0.25) is 5.02 Å². The van der Waals surface area contributed by atoms with Crippen molar-refractivity contribution in [2.75, 3.05) is 13.2 Å². The van der Waals surface area contributed by atoms with Gasteiger partial charge < -0.3 is 15.4 Å². The number of amides is 2. The second kappa shape index (κ2) is 10.5. The van der Waals surface area contributed by atoms with E-state index in [1.54, 1.807) is 6.92 Å². The van der Waals surface area contributed by atoms with Gasteiger partial charge in [-0.15, -0.1) is 0 Å². The molecule has 1 atom stereocenters. The molecule has 2 amide bonds. The summed E-state index contributed by atoms with van der Waals surface area (Å²) in [5.74, 6) is -0.783. The summed E-state index contributed by atoms with van der Waals surface area (Å²) in [6.45, 7) is 5.58. The molecule has 31 heavy (non-hydrogen) atoms. The van der Waals surface area contributed by atoms with Crippen LogP contribution in [0.5, 0.6) is 0 Å². The Morgan fingerprint density at radius 3 is 2.42 bits per heavy atom. The van der Waals surface area contributed by atoms with Crippen molar-refractivity contribution in [3.05, 3.63) is 46.7 Å². The van der Waals surface area contributed by atoms with Crippen molar-refractivity contribution in [3.8, 4) is 5.69 Å². The molecule has 0 radical (unpaired) electrons. The van der Waals surface area contributed by atoms with Crippen LogP contribution in [0.3, 0.4) is 0 Å². The molecule has 1 aromatic carbocycles. The van der Waals surface area contributed by atoms with Gasteiger partial charge in [0.2, 0.25) is 0 Å². The number of rotatable bonds is 8. The highest BCUT2D eigenvalue weighted by atomic mass is 35.5. The molecular weight excluding hydrogens is 437 g/mol. The van der Waals surface area contributed by atoms with Crippen LogP contribution in [0, 0.1) is 5.92 Å². The standard InChI is InChI=1S/C20H24ClF3N4O3/c1-4-31-19(30)27-14(9-12(2)3)10-25-18(29)16-11-26-28(17(16)20(22,23)24)15-7-5-13(21)6-8-15/h5-8,11-12,14H,4,9-10H2,1-3H3,(H,25,29)(H,27,30). The van der Waals surface area contributed by atoms with E-state index in [9.17, 15) is 22.8 Å². The summed E-state index contributed by atoms with van der Waals surface area (Å²) in [5.41, 5.74) is -1.72. The van der Waals surface area contributed by atoms with Crippen molar-refractivity contribution in [1.82, 2.24) is 20.4 Å². The second-order valence-electron chi connectivity index (χ2n) is 7.19. The summed E-state index contributed by atoms with van der Waals surface area (Å²) in [6, 6.07) is 5.08. The molecule has 1 aromatic heterocycles. The number of hydrogen-bond acceptors (Lipinski definition) is 4. The van der Waals surface area contributed by atoms with Crippen LogP contribution in [-0.4, -0.2) is 41.0 Å². The lowest BCUT2D eigenvalue weighted by atomic mass is 10.0. The predicted octanol–water partition coefficient (Wildman–Crippen LogP) is 4.44. The molecule has 0 saturated heterocycles. The predicted molar refractivity (Wildman–Crippen MR) is 109 cm³/mol. The van der Waals surface area contributed by atoms with E-state index < -0.39 is 35.5 Å². The second-order valence-corrected chi connectivity index (χ2v) is 7.63. The minimum atomic E-state index is -4.83. The molecule has 7 nitrogen and oxygen atoms in total. The van der Waals surface area contributed by atoms with E-state index in [0.29, 0.717) is 16.1 Å². The molecule has 170 valence electrons. The zero-order valence-corrected chi connectivity index (χ0v) is 18.0. The van der Waals surface area contributed by atoms with Crippen molar-refractivity contribution < 1.29 is 27.5 Å². The number of hydrogen-bond donors (Lipinski definition) is 2. The average molecular weight is 461 g/mol. The highest BCUT2D eigenvalue weighted by molar-refractivity contribution is 6.30. The van der Waals surface area contributed by atoms with Crippen LogP contribution in [0.15, 0.2) is 30.5 Å². The van der Waals surface area contributed by atoms with Crippen molar-refractivity contribution in [2.24, 2.45) is 5.92 Å². The number of carbonyl (C=O) groups is 2. The minimum absolute atomic E-state index is 0.0702. The molecule has 0 bridgehead atoms. The van der Waals surface area contributed by atoms with E-state index >= 15 is 0 Å². The number of carbonyl (C=O) groups excluding carboxylic acids is 2. The molecule has 2 N–H and O–H groups in total. The topological polar surface area (TPSA) is 85.2 Å². The third kappa shape index (κ3) is 6.88. The zero-order valence-electron chi connectivity index (χ0n) is 17.3. The molecule has 0 aliphatic rings. The van der Waals surface area contributed by atoms with Crippen LogP contribution in [0.25, 0.3) is 5.69 Å². The highest BCUT2D eigenvalue weighted by Gasteiger charge is 2.40. The van der Waals surface area contributed by atoms with E-state index in [1.165, 1.54) is 24.3 Å². The van der Waals surface area contributed by atoms with Gasteiger partial charge >= 0.3 is 12.3 Å². The SMILES string of the molecule is CCOC(=O)NC(CNC(=O)c1cnn(-c2ccc(Cl)cc2)c1C(F)(F)F)CC(C)C. The first-order valence-corrected chi connectivity index (χ1v) is 10.0. The lowest BCUT2D eigenvalue weighted by Crippen LogP contribution is -2.44. The largest absolute Gasteiger partial charge is 0.450 e. The maximum absolute atomic E-state index is 13.8. The van der Waals surface area contributed by atoms with Crippen molar-refractivity contribution >= 4 is 23.6 Å². The normalized spacial score (nSPS) is 12.5. The van der Waals surface area contributed by atoms with Gasteiger partial charge in [0.05, 0.1) is 24.1 Å². The lowest BCUT2D eigenvalue weighted by Gasteiger charge is -2.21. The van der Waals surface area contributed by atoms with Crippen LogP contribution >= 0.6 is 11.6 Å². The number of nitrogens with zero attached hydrogens (tertiary/aromatic N) is 2. The van der Waals surface area contributed by atoms with Gasteiger partial charge in [-0.2, -0.15) is 18.3 Å². The van der Waals surface area contributed by atoms with Gasteiger partial charge in [-0.3, -0.25) is 4.79 Å². The van der Waals surface area contributed by atoms with Crippen molar-refractivity contribution in [3.63, 3.8) is 0 Å². The molecule has 2 rings (SSSR count). The number of alkyl carbamates (subject to hydrolysis) is 1. The Morgan fingerprint density at radius 1 is 1.23 bits per heavy atom. The van der Waals surface area contributed by atoms with Crippen LogP contribution in [-0.2, 0) is 10.9 Å². The Labute approximate surface area is 182 Å². The third-order valence-electron chi connectivity index (χ3n) is 4.22. The van der Waals surface area contributed by atoms with Gasteiger partial charge in [0.15, 0.2) is 5.69 Å². The number of ether oxygens (including phenoxy) is 1. The first-order valence-electron chi connectivity index (χ1n) is 9.65. The maximum Gasteiger partial charge on any atom is 0.434 e. The summed E-state index contributed by atoms with van der Waals surface area (Å²) >= 11 is 5.79. The van der Waals surface area contributed by atoms with Crippen molar-refractivity contribution in [1.29, 1.82) is 0 Å². The number of halogens is 4. The average Bonchev–Trinajstić information content (AvgIpc) is 3.12. The minimum Gasteiger partial charge on any atom is -0.450 e. The smallest absolute Gasteiger partial charge is 0.434 e. The monoisotopic (exact) mass is 460 g/mol. The summed E-state index contributed by atoms with van der Waals surface area (Å²) in [7, 11) is 0. The number of alkyl halides is 3. The zero-order chi connectivity index (χ0) is 23.2. The summed E-state index contributed by atoms with van der Waals surface area (Å²) < 4.78 is 46.7. The van der Waals surface area contributed by atoms with Gasteiger partial charge in [0.25, 0.3) is 5.91 Å². The molecule has 1 unspecified atom stereocenters. The maximum atomic E-state index is 13.8. The Morgan fingerprint density at radius 2 is 1.87 bits per heavy atom. The van der Waals surface area contributed by atoms with Gasteiger partial charge in [-0.1, -0.05) is 25.4 Å². The quantitative estimate of drug-likeness (QED) is 0.610. The Balaban J connectivity index is 2.23. The molecule has 0 aliphatic carbocycles. The highest BCUT2D eigenvalue weighted by Crippen LogP contribution is 2.33. The summed E-state index contributed by atoms with van der Waals surface area (Å²) in [4.78, 5) is 24.3. The molecule has 0 fully saturated rings. The fourth-order valence-corrected chi connectivity index (χ4v) is 3.10. The fraction of sp³-hybridized carbons (Fsp3) is 0.450. The number of benzene rings is 1. The van der Waals surface area contributed by atoms with Crippen LogP contribution in [0.4, 0.5) is 18.0 Å². The number of aromatic nitrogens is 2. The van der Waals surface area contributed by atoms with E-state index in [0.717, 1.165) is 6.20 Å². The summed E-state index contributed by atoms with van der Waals surface area (Å²) in [5, 5.41) is 9.17. The molecule has 2 aromatic rings. The molecule has 1 heterocycles. The van der Waals surface area contributed by atoms with E-state index in [2.05, 4.69) is 15.7 Å². The van der Waals surface area contributed by atoms with Gasteiger partial charge in [-0.25, -0.2) is 9.48 Å². The lowest BCUT2D eigenvalue weighted by molar-refractivity contribution is -0.143. The molecule has 0 saturated carbocycles. The first kappa shape index (κ1) is 24.5. The Hall–Kier alpha value is -2.75. The van der Waals surface area contributed by atoms with Gasteiger partial charge in [-0.05, 0) is 43.5 Å². The molecule has 11 heteroatoms. The van der Waals surface area contributed by atoms with Gasteiger partial charge in [0.1, 0.15) is 0 Å². The number of nitrogens with one attached hydrogen (secondary N) is 2. The van der Waals surface area contributed by atoms with Crippen molar-refractivity contribution in [2.45, 2.75) is 39.4 Å².